The van der Waals surface area contributed by atoms with Crippen LogP contribution in [-0.4, -0.2) is 36.4 Å². The standard InChI is InChI=1S/C34H64O5/c1-3-5-7-9-11-13-15-16-17-18-19-21-23-25-27-29-34(37)39-32(30-35)31-38-33(36)28-26-24-22-20-14-12-10-8-6-4-2/h16-17,32,35H,3-15,18-31H2,1-2H3/b17-16-/t32-/m0/s1. The highest BCUT2D eigenvalue weighted by atomic mass is 16.6. The van der Waals surface area contributed by atoms with E-state index >= 15 is 0 Å². The second-order valence-electron chi connectivity index (χ2n) is 11.2. The first kappa shape index (κ1) is 37.6. The van der Waals surface area contributed by atoms with Crippen LogP contribution in [0.15, 0.2) is 12.2 Å². The number of aliphatic hydroxyl groups is 1. The van der Waals surface area contributed by atoms with Crippen LogP contribution >= 0.6 is 0 Å². The lowest BCUT2D eigenvalue weighted by Gasteiger charge is -2.15. The average molecular weight is 553 g/mol. The lowest BCUT2D eigenvalue weighted by molar-refractivity contribution is -0.161. The number of hydrogen-bond acceptors (Lipinski definition) is 5. The molecular formula is C34H64O5. The molecule has 0 aromatic carbocycles. The van der Waals surface area contributed by atoms with Crippen molar-refractivity contribution in [2.45, 2.75) is 180 Å². The Morgan fingerprint density at radius 1 is 0.564 bits per heavy atom. The Morgan fingerprint density at radius 2 is 0.949 bits per heavy atom. The van der Waals surface area contributed by atoms with Gasteiger partial charge in [-0.05, 0) is 38.5 Å². The molecule has 0 radical (unpaired) electrons. The fraction of sp³-hybridized carbons (Fsp3) is 0.882. The van der Waals surface area contributed by atoms with Crippen LogP contribution in [0.2, 0.25) is 0 Å². The Morgan fingerprint density at radius 3 is 1.38 bits per heavy atom. The van der Waals surface area contributed by atoms with Crippen LogP contribution in [0.25, 0.3) is 0 Å². The molecule has 0 fully saturated rings. The quantitative estimate of drug-likeness (QED) is 0.0545. The zero-order chi connectivity index (χ0) is 28.7. The first-order valence-corrected chi connectivity index (χ1v) is 16.7. The summed E-state index contributed by atoms with van der Waals surface area (Å²) in [7, 11) is 0. The molecule has 5 heteroatoms. The largest absolute Gasteiger partial charge is 0.462 e. The summed E-state index contributed by atoms with van der Waals surface area (Å²) in [5.41, 5.74) is 0. The van der Waals surface area contributed by atoms with Gasteiger partial charge >= 0.3 is 11.9 Å². The fourth-order valence-corrected chi connectivity index (χ4v) is 4.72. The minimum absolute atomic E-state index is 0.0643. The summed E-state index contributed by atoms with van der Waals surface area (Å²) in [4.78, 5) is 24.0. The third-order valence-electron chi connectivity index (χ3n) is 7.31. The molecule has 1 atom stereocenters. The van der Waals surface area contributed by atoms with E-state index in [1.165, 1.54) is 103 Å². The summed E-state index contributed by atoms with van der Waals surface area (Å²) < 4.78 is 10.5. The Hall–Kier alpha value is -1.36. The van der Waals surface area contributed by atoms with Gasteiger partial charge in [0.25, 0.3) is 0 Å². The van der Waals surface area contributed by atoms with Gasteiger partial charge in [0, 0.05) is 12.8 Å². The predicted molar refractivity (Wildman–Crippen MR) is 164 cm³/mol. The van der Waals surface area contributed by atoms with E-state index in [4.69, 9.17) is 9.47 Å². The Balaban J connectivity index is 3.58. The van der Waals surface area contributed by atoms with Crippen molar-refractivity contribution in [2.24, 2.45) is 0 Å². The van der Waals surface area contributed by atoms with Crippen LogP contribution in [-0.2, 0) is 19.1 Å². The Labute approximate surface area is 241 Å². The van der Waals surface area contributed by atoms with Crippen molar-refractivity contribution in [2.75, 3.05) is 13.2 Å². The van der Waals surface area contributed by atoms with E-state index in [0.29, 0.717) is 12.8 Å². The van der Waals surface area contributed by atoms with Gasteiger partial charge in [-0.2, -0.15) is 0 Å². The predicted octanol–water partition coefficient (Wildman–Crippen LogP) is 9.78. The SMILES string of the molecule is CCCCCCCC/C=C\CCCCCCCC(=O)O[C@@H](CO)COC(=O)CCCCCCCCCCCC. The summed E-state index contributed by atoms with van der Waals surface area (Å²) in [6.07, 6.45) is 32.6. The highest BCUT2D eigenvalue weighted by Crippen LogP contribution is 2.13. The highest BCUT2D eigenvalue weighted by molar-refractivity contribution is 5.70. The minimum Gasteiger partial charge on any atom is -0.462 e. The zero-order valence-corrected chi connectivity index (χ0v) is 25.9. The number of rotatable bonds is 30. The van der Waals surface area contributed by atoms with Crippen molar-refractivity contribution in [1.82, 2.24) is 0 Å². The van der Waals surface area contributed by atoms with Crippen molar-refractivity contribution in [3.63, 3.8) is 0 Å². The molecule has 5 nitrogen and oxygen atoms in total. The van der Waals surface area contributed by atoms with Crippen LogP contribution in [0.1, 0.15) is 174 Å². The van der Waals surface area contributed by atoms with Gasteiger partial charge in [-0.15, -0.1) is 0 Å². The minimum atomic E-state index is -0.766. The maximum Gasteiger partial charge on any atom is 0.306 e. The maximum absolute atomic E-state index is 12.1. The topological polar surface area (TPSA) is 72.8 Å². The smallest absolute Gasteiger partial charge is 0.306 e. The van der Waals surface area contributed by atoms with Crippen LogP contribution in [0.3, 0.4) is 0 Å². The number of esters is 2. The molecule has 0 heterocycles. The Kier molecular flexibility index (Phi) is 30.1. The van der Waals surface area contributed by atoms with Gasteiger partial charge in [0.1, 0.15) is 6.61 Å². The summed E-state index contributed by atoms with van der Waals surface area (Å²) in [6.45, 7) is 4.10. The molecule has 0 amide bonds. The molecular weight excluding hydrogens is 488 g/mol. The van der Waals surface area contributed by atoms with Gasteiger partial charge in [-0.25, -0.2) is 0 Å². The second kappa shape index (κ2) is 31.2. The molecule has 0 saturated heterocycles. The van der Waals surface area contributed by atoms with E-state index in [-0.39, 0.29) is 25.2 Å². The van der Waals surface area contributed by atoms with E-state index in [9.17, 15) is 14.7 Å². The number of ether oxygens (including phenoxy) is 2. The third kappa shape index (κ3) is 29.4. The van der Waals surface area contributed by atoms with E-state index in [1.807, 2.05) is 0 Å². The lowest BCUT2D eigenvalue weighted by atomic mass is 10.1. The summed E-state index contributed by atoms with van der Waals surface area (Å²) >= 11 is 0. The molecule has 0 aromatic rings. The average Bonchev–Trinajstić information content (AvgIpc) is 2.94. The summed E-state index contributed by atoms with van der Waals surface area (Å²) in [5, 5.41) is 9.48. The van der Waals surface area contributed by atoms with Crippen molar-refractivity contribution in [3.8, 4) is 0 Å². The molecule has 0 aliphatic heterocycles. The van der Waals surface area contributed by atoms with Gasteiger partial charge in [-0.3, -0.25) is 9.59 Å². The number of carbonyl (C=O) groups is 2. The van der Waals surface area contributed by atoms with Gasteiger partial charge in [-0.1, -0.05) is 135 Å². The van der Waals surface area contributed by atoms with E-state index < -0.39 is 6.10 Å². The van der Waals surface area contributed by atoms with Crippen LogP contribution < -0.4 is 0 Å². The van der Waals surface area contributed by atoms with Crippen molar-refractivity contribution in [3.05, 3.63) is 12.2 Å². The number of allylic oxidation sites excluding steroid dienone is 2. The molecule has 0 aliphatic carbocycles. The van der Waals surface area contributed by atoms with Crippen LogP contribution in [0.4, 0.5) is 0 Å². The third-order valence-corrected chi connectivity index (χ3v) is 7.31. The highest BCUT2D eigenvalue weighted by Gasteiger charge is 2.16. The van der Waals surface area contributed by atoms with Gasteiger partial charge in [0.05, 0.1) is 6.61 Å². The fourth-order valence-electron chi connectivity index (χ4n) is 4.72. The maximum atomic E-state index is 12.1. The molecule has 39 heavy (non-hydrogen) atoms. The number of unbranched alkanes of at least 4 members (excludes halogenated alkanes) is 20. The molecule has 0 unspecified atom stereocenters. The number of hydrogen-bond donors (Lipinski definition) is 1. The molecule has 1 N–H and O–H groups in total. The zero-order valence-electron chi connectivity index (χ0n) is 25.9. The van der Waals surface area contributed by atoms with Crippen molar-refractivity contribution < 1.29 is 24.2 Å². The first-order chi connectivity index (χ1) is 19.1. The second-order valence-corrected chi connectivity index (χ2v) is 11.2. The van der Waals surface area contributed by atoms with E-state index in [2.05, 4.69) is 26.0 Å². The molecule has 230 valence electrons. The summed E-state index contributed by atoms with van der Waals surface area (Å²) in [6, 6.07) is 0. The Bertz CT molecular complexity index is 560. The van der Waals surface area contributed by atoms with Crippen LogP contribution in [0, 0.1) is 0 Å². The normalized spacial score (nSPS) is 12.2. The monoisotopic (exact) mass is 552 g/mol. The molecule has 0 bridgehead atoms. The lowest BCUT2D eigenvalue weighted by Crippen LogP contribution is -2.28. The van der Waals surface area contributed by atoms with E-state index in [1.54, 1.807) is 0 Å². The molecule has 0 spiro atoms. The number of carbonyl (C=O) groups excluding carboxylic acids is 2. The number of aliphatic hydroxyl groups excluding tert-OH is 1. The van der Waals surface area contributed by atoms with Crippen molar-refractivity contribution >= 4 is 11.9 Å². The summed E-state index contributed by atoms with van der Waals surface area (Å²) in [5.74, 6) is -0.598. The van der Waals surface area contributed by atoms with Crippen LogP contribution in [0.5, 0.6) is 0 Å². The van der Waals surface area contributed by atoms with Gasteiger partial charge in [0.2, 0.25) is 0 Å². The van der Waals surface area contributed by atoms with Gasteiger partial charge in [0.15, 0.2) is 6.10 Å². The molecule has 0 aromatic heterocycles. The van der Waals surface area contributed by atoms with Gasteiger partial charge < -0.3 is 14.6 Å². The molecule has 0 rings (SSSR count). The first-order valence-electron chi connectivity index (χ1n) is 16.7. The van der Waals surface area contributed by atoms with Crippen molar-refractivity contribution in [1.29, 1.82) is 0 Å². The molecule has 0 aliphatic rings. The molecule has 0 saturated carbocycles. The van der Waals surface area contributed by atoms with E-state index in [0.717, 1.165) is 44.9 Å².